The zero-order valence-corrected chi connectivity index (χ0v) is 11.6. The van der Waals surface area contributed by atoms with E-state index in [-0.39, 0.29) is 5.41 Å². The summed E-state index contributed by atoms with van der Waals surface area (Å²) in [7, 11) is 0. The van der Waals surface area contributed by atoms with Gasteiger partial charge in [-0.1, -0.05) is 24.3 Å². The molecule has 0 amide bonds. The standard InChI is InChI=1S/C16H21ClO/c17-12-16(11-14-7-4-10-18-14)9-3-6-13-5-1-2-8-15(13)16/h1-2,5,8,14H,3-4,6-7,9-12H2. The predicted octanol–water partition coefficient (Wildman–Crippen LogP) is 4.07. The van der Waals surface area contributed by atoms with Crippen molar-refractivity contribution in [2.24, 2.45) is 0 Å². The first kappa shape index (κ1) is 12.5. The van der Waals surface area contributed by atoms with Gasteiger partial charge in [0.2, 0.25) is 0 Å². The Morgan fingerprint density at radius 3 is 2.94 bits per heavy atom. The molecule has 98 valence electrons. The van der Waals surface area contributed by atoms with Crippen molar-refractivity contribution in [2.75, 3.05) is 12.5 Å². The average Bonchev–Trinajstić information content (AvgIpc) is 2.92. The molecule has 2 unspecified atom stereocenters. The van der Waals surface area contributed by atoms with Gasteiger partial charge in [0.15, 0.2) is 0 Å². The van der Waals surface area contributed by atoms with Crippen LogP contribution in [0.3, 0.4) is 0 Å². The Morgan fingerprint density at radius 2 is 2.17 bits per heavy atom. The van der Waals surface area contributed by atoms with Crippen molar-refractivity contribution in [3.63, 3.8) is 0 Å². The van der Waals surface area contributed by atoms with Crippen molar-refractivity contribution in [1.82, 2.24) is 0 Å². The highest BCUT2D eigenvalue weighted by molar-refractivity contribution is 6.18. The second-order valence-electron chi connectivity index (χ2n) is 5.76. The summed E-state index contributed by atoms with van der Waals surface area (Å²) >= 11 is 6.39. The molecule has 2 atom stereocenters. The molecule has 1 heterocycles. The van der Waals surface area contributed by atoms with Crippen molar-refractivity contribution in [3.05, 3.63) is 35.4 Å². The zero-order chi connectivity index (χ0) is 12.4. The first-order chi connectivity index (χ1) is 8.84. The van der Waals surface area contributed by atoms with E-state index < -0.39 is 0 Å². The Kier molecular flexibility index (Phi) is 3.63. The number of fused-ring (bicyclic) bond motifs is 1. The molecule has 18 heavy (non-hydrogen) atoms. The van der Waals surface area contributed by atoms with Crippen LogP contribution in [0.5, 0.6) is 0 Å². The molecule has 1 fully saturated rings. The first-order valence-electron chi connectivity index (χ1n) is 7.10. The third-order valence-corrected chi connectivity index (χ3v) is 5.10. The molecule has 0 bridgehead atoms. The Morgan fingerprint density at radius 1 is 1.28 bits per heavy atom. The third-order valence-electron chi connectivity index (χ3n) is 4.59. The highest BCUT2D eigenvalue weighted by Crippen LogP contribution is 2.43. The van der Waals surface area contributed by atoms with E-state index in [1.807, 2.05) is 0 Å². The van der Waals surface area contributed by atoms with Crippen LogP contribution in [0.4, 0.5) is 0 Å². The summed E-state index contributed by atoms with van der Waals surface area (Å²) in [5.74, 6) is 0.726. The molecule has 1 aliphatic carbocycles. The molecule has 1 aromatic carbocycles. The van der Waals surface area contributed by atoms with Crippen molar-refractivity contribution in [3.8, 4) is 0 Å². The fourth-order valence-corrected chi connectivity index (χ4v) is 4.04. The smallest absolute Gasteiger partial charge is 0.0584 e. The lowest BCUT2D eigenvalue weighted by atomic mass is 9.68. The lowest BCUT2D eigenvalue weighted by molar-refractivity contribution is 0.0818. The fourth-order valence-electron chi connectivity index (χ4n) is 3.65. The van der Waals surface area contributed by atoms with Gasteiger partial charge in [-0.05, 0) is 49.7 Å². The van der Waals surface area contributed by atoms with Gasteiger partial charge in [-0.15, -0.1) is 11.6 Å². The number of rotatable bonds is 3. The Hall–Kier alpha value is -0.530. The summed E-state index contributed by atoms with van der Waals surface area (Å²) < 4.78 is 5.84. The van der Waals surface area contributed by atoms with Crippen molar-refractivity contribution in [2.45, 2.75) is 50.0 Å². The third kappa shape index (κ3) is 2.19. The second-order valence-corrected chi connectivity index (χ2v) is 6.03. The van der Waals surface area contributed by atoms with Gasteiger partial charge in [-0.2, -0.15) is 0 Å². The maximum absolute atomic E-state index is 6.39. The molecule has 3 rings (SSSR count). The summed E-state index contributed by atoms with van der Waals surface area (Å²) in [6.45, 7) is 0.935. The molecular weight excluding hydrogens is 244 g/mol. The SMILES string of the molecule is ClCC1(CC2CCCO2)CCCc2ccccc21. The minimum Gasteiger partial charge on any atom is -0.378 e. The van der Waals surface area contributed by atoms with E-state index in [9.17, 15) is 0 Å². The summed E-state index contributed by atoms with van der Waals surface area (Å²) in [5.41, 5.74) is 3.15. The predicted molar refractivity (Wildman–Crippen MR) is 75.4 cm³/mol. The van der Waals surface area contributed by atoms with Crippen LogP contribution in [0.25, 0.3) is 0 Å². The Balaban J connectivity index is 1.91. The second kappa shape index (κ2) is 5.22. The lowest BCUT2D eigenvalue weighted by Crippen LogP contribution is -2.36. The highest BCUT2D eigenvalue weighted by Gasteiger charge is 2.38. The zero-order valence-electron chi connectivity index (χ0n) is 10.8. The minimum absolute atomic E-state index is 0.158. The summed E-state index contributed by atoms with van der Waals surface area (Å²) in [6, 6.07) is 8.85. The van der Waals surface area contributed by atoms with E-state index in [0.29, 0.717) is 6.10 Å². The van der Waals surface area contributed by atoms with Gasteiger partial charge in [0.05, 0.1) is 6.10 Å². The van der Waals surface area contributed by atoms with E-state index >= 15 is 0 Å². The van der Waals surface area contributed by atoms with Gasteiger partial charge in [-0.25, -0.2) is 0 Å². The van der Waals surface area contributed by atoms with E-state index in [0.717, 1.165) is 18.9 Å². The number of ether oxygens (including phenoxy) is 1. The quantitative estimate of drug-likeness (QED) is 0.748. The molecule has 0 spiro atoms. The molecule has 0 radical (unpaired) electrons. The normalized spacial score (nSPS) is 31.3. The van der Waals surface area contributed by atoms with Crippen molar-refractivity contribution < 1.29 is 4.74 Å². The number of benzene rings is 1. The van der Waals surface area contributed by atoms with E-state index in [2.05, 4.69) is 24.3 Å². The number of alkyl halides is 1. The molecule has 0 saturated carbocycles. The molecule has 2 heteroatoms. The van der Waals surface area contributed by atoms with Gasteiger partial charge in [-0.3, -0.25) is 0 Å². The van der Waals surface area contributed by atoms with Crippen LogP contribution in [-0.2, 0) is 16.6 Å². The molecule has 0 aromatic heterocycles. The first-order valence-corrected chi connectivity index (χ1v) is 7.63. The Bertz CT molecular complexity index is 411. The van der Waals surface area contributed by atoms with Crippen LogP contribution in [0.1, 0.15) is 43.2 Å². The van der Waals surface area contributed by atoms with E-state index in [4.69, 9.17) is 16.3 Å². The number of aryl methyl sites for hydroxylation is 1. The number of hydrogen-bond acceptors (Lipinski definition) is 1. The monoisotopic (exact) mass is 264 g/mol. The van der Waals surface area contributed by atoms with Gasteiger partial charge < -0.3 is 4.74 Å². The van der Waals surface area contributed by atoms with Crippen LogP contribution < -0.4 is 0 Å². The van der Waals surface area contributed by atoms with Crippen LogP contribution in [0.15, 0.2) is 24.3 Å². The molecule has 0 N–H and O–H groups in total. The number of halogens is 1. The van der Waals surface area contributed by atoms with Crippen LogP contribution in [0, 0.1) is 0 Å². The summed E-state index contributed by atoms with van der Waals surface area (Å²) in [4.78, 5) is 0. The fraction of sp³-hybridized carbons (Fsp3) is 0.625. The van der Waals surface area contributed by atoms with E-state index in [1.54, 1.807) is 0 Å². The summed E-state index contributed by atoms with van der Waals surface area (Å²) in [5, 5.41) is 0. The minimum atomic E-state index is 0.158. The largest absolute Gasteiger partial charge is 0.378 e. The van der Waals surface area contributed by atoms with Gasteiger partial charge in [0, 0.05) is 17.9 Å². The highest BCUT2D eigenvalue weighted by atomic mass is 35.5. The van der Waals surface area contributed by atoms with Crippen molar-refractivity contribution in [1.29, 1.82) is 0 Å². The number of hydrogen-bond donors (Lipinski definition) is 0. The molecule has 1 aliphatic heterocycles. The van der Waals surface area contributed by atoms with Gasteiger partial charge >= 0.3 is 0 Å². The van der Waals surface area contributed by atoms with Crippen molar-refractivity contribution >= 4 is 11.6 Å². The average molecular weight is 265 g/mol. The molecular formula is C16H21ClO. The molecule has 1 saturated heterocycles. The summed E-state index contributed by atoms with van der Waals surface area (Å²) in [6.07, 6.45) is 7.64. The molecule has 1 nitrogen and oxygen atoms in total. The van der Waals surface area contributed by atoms with Crippen LogP contribution in [0.2, 0.25) is 0 Å². The molecule has 2 aliphatic rings. The van der Waals surface area contributed by atoms with Gasteiger partial charge in [0.25, 0.3) is 0 Å². The Labute approximate surface area is 114 Å². The van der Waals surface area contributed by atoms with Crippen LogP contribution in [-0.4, -0.2) is 18.6 Å². The lowest BCUT2D eigenvalue weighted by Gasteiger charge is -2.39. The topological polar surface area (TPSA) is 9.23 Å². The molecule has 1 aromatic rings. The maximum Gasteiger partial charge on any atom is 0.0584 e. The van der Waals surface area contributed by atoms with Crippen LogP contribution >= 0.6 is 11.6 Å². The van der Waals surface area contributed by atoms with E-state index in [1.165, 1.54) is 43.2 Å². The maximum atomic E-state index is 6.39. The van der Waals surface area contributed by atoms with Gasteiger partial charge in [0.1, 0.15) is 0 Å².